The summed E-state index contributed by atoms with van der Waals surface area (Å²) in [6.07, 6.45) is 22.0. The van der Waals surface area contributed by atoms with Crippen molar-refractivity contribution in [3.8, 4) is 47.0 Å². The van der Waals surface area contributed by atoms with Gasteiger partial charge < -0.3 is 20.6 Å². The van der Waals surface area contributed by atoms with Crippen LogP contribution in [0.1, 0.15) is 43.9 Å². The third kappa shape index (κ3) is 5.33. The highest BCUT2D eigenvalue weighted by Crippen LogP contribution is 2.24. The van der Waals surface area contributed by atoms with Crippen molar-refractivity contribution in [3.05, 3.63) is 48.8 Å². The maximum absolute atomic E-state index is 4.51. The molecule has 0 radical (unpaired) electrons. The molecule has 1 fully saturated rings. The number of imidazole rings is 2. The predicted molar refractivity (Wildman–Crippen MR) is 130 cm³/mol. The highest BCUT2D eigenvalue weighted by atomic mass is 15.0. The first-order chi connectivity index (χ1) is 16.8. The number of aromatic nitrogens is 8. The average Bonchev–Trinajstić information content (AvgIpc) is 3.68. The van der Waals surface area contributed by atoms with Crippen LogP contribution >= 0.6 is 0 Å². The molecule has 5 rings (SSSR count). The van der Waals surface area contributed by atoms with E-state index in [-0.39, 0.29) is 0 Å². The van der Waals surface area contributed by atoms with E-state index < -0.39 is 0 Å². The van der Waals surface area contributed by atoms with Gasteiger partial charge >= 0.3 is 0 Å². The lowest BCUT2D eigenvalue weighted by Gasteiger charge is -2.05. The molecule has 4 N–H and O–H groups in total. The van der Waals surface area contributed by atoms with Gasteiger partial charge in [0.1, 0.15) is 11.6 Å². The van der Waals surface area contributed by atoms with Crippen molar-refractivity contribution < 1.29 is 0 Å². The molecule has 0 unspecified atom stereocenters. The third-order valence-corrected chi connectivity index (χ3v) is 5.46. The number of nitrogens with one attached hydrogen (secondary N) is 4. The Bertz CT molecular complexity index is 1180. The van der Waals surface area contributed by atoms with Crippen LogP contribution in [0.2, 0.25) is 0 Å². The van der Waals surface area contributed by atoms with Gasteiger partial charge in [-0.25, -0.2) is 29.9 Å². The van der Waals surface area contributed by atoms with Gasteiger partial charge in [-0.1, -0.05) is 6.92 Å². The molecule has 1 atom stereocenters. The Kier molecular flexibility index (Phi) is 7.70. The van der Waals surface area contributed by atoms with Crippen LogP contribution in [0, 0.1) is 12.8 Å². The van der Waals surface area contributed by atoms with E-state index in [9.17, 15) is 0 Å². The molecule has 10 nitrogen and oxygen atoms in total. The molecule has 4 aromatic rings. The van der Waals surface area contributed by atoms with E-state index in [0.717, 1.165) is 60.1 Å². The lowest BCUT2D eigenvalue weighted by atomic mass is 10.2. The maximum Gasteiger partial charge on any atom is 0.197 e. The molecule has 1 aliphatic rings. The molecule has 10 heteroatoms. The normalized spacial score (nSPS) is 15.1. The highest BCUT2D eigenvalue weighted by Gasteiger charge is 2.19. The van der Waals surface area contributed by atoms with Crippen LogP contribution in [0.4, 0.5) is 0 Å². The fraction of sp³-hybridized carbons (Fsp3) is 0.333. The summed E-state index contributed by atoms with van der Waals surface area (Å²) < 4.78 is 0. The Morgan fingerprint density at radius 3 is 2.06 bits per heavy atom. The summed E-state index contributed by atoms with van der Waals surface area (Å²) >= 11 is 0. The molecule has 34 heavy (non-hydrogen) atoms. The van der Waals surface area contributed by atoms with Crippen LogP contribution in [0.5, 0.6) is 0 Å². The van der Waals surface area contributed by atoms with Gasteiger partial charge in [0, 0.05) is 35.9 Å². The number of aromatic amines is 2. The largest absolute Gasteiger partial charge is 0.341 e. The lowest BCUT2D eigenvalue weighted by Crippen LogP contribution is -2.14. The lowest BCUT2D eigenvalue weighted by molar-refractivity contribution is 0.613. The second-order valence-electron chi connectivity index (χ2n) is 7.84. The van der Waals surface area contributed by atoms with Gasteiger partial charge in [0.15, 0.2) is 11.6 Å². The third-order valence-electron chi connectivity index (χ3n) is 5.46. The van der Waals surface area contributed by atoms with Crippen LogP contribution in [0.3, 0.4) is 0 Å². The van der Waals surface area contributed by atoms with Gasteiger partial charge in [-0.15, -0.1) is 12.8 Å². The zero-order valence-corrected chi connectivity index (χ0v) is 19.1. The maximum atomic E-state index is 4.51. The minimum absolute atomic E-state index is 0.300. The van der Waals surface area contributed by atoms with Gasteiger partial charge in [0.2, 0.25) is 0 Å². The molecule has 0 aliphatic carbocycles. The van der Waals surface area contributed by atoms with Crippen molar-refractivity contribution in [3.63, 3.8) is 0 Å². The second kappa shape index (κ2) is 11.3. The average molecular weight is 457 g/mol. The van der Waals surface area contributed by atoms with Crippen molar-refractivity contribution in [2.45, 2.75) is 38.8 Å². The SMILES string of the molecule is C#C.CCCNCc1ncc(-c2cnc(-c3ncc(-c4cnc([C@@H]5CCCN5)[nH]4)cn3)nc2)[nH]1. The number of H-pyrrole nitrogens is 2. The summed E-state index contributed by atoms with van der Waals surface area (Å²) in [6.45, 7) is 4.85. The van der Waals surface area contributed by atoms with E-state index >= 15 is 0 Å². The first-order valence-electron chi connectivity index (χ1n) is 11.3. The van der Waals surface area contributed by atoms with E-state index in [0.29, 0.717) is 24.2 Å². The molecular formula is C24H28N10. The number of terminal acetylenes is 1. The second-order valence-corrected chi connectivity index (χ2v) is 7.84. The molecule has 0 spiro atoms. The van der Waals surface area contributed by atoms with Crippen LogP contribution in [-0.2, 0) is 6.54 Å². The Labute approximate surface area is 198 Å². The van der Waals surface area contributed by atoms with E-state index in [2.05, 4.69) is 70.3 Å². The van der Waals surface area contributed by atoms with Crippen LogP contribution < -0.4 is 10.6 Å². The Morgan fingerprint density at radius 1 is 0.853 bits per heavy atom. The molecule has 0 aromatic carbocycles. The molecule has 0 bridgehead atoms. The minimum Gasteiger partial charge on any atom is -0.341 e. The topological polar surface area (TPSA) is 133 Å². The molecule has 4 aromatic heterocycles. The smallest absolute Gasteiger partial charge is 0.197 e. The fourth-order valence-corrected chi connectivity index (χ4v) is 3.73. The summed E-state index contributed by atoms with van der Waals surface area (Å²) in [5.74, 6) is 2.81. The van der Waals surface area contributed by atoms with Gasteiger partial charge in [-0.05, 0) is 32.4 Å². The molecular weight excluding hydrogens is 428 g/mol. The Balaban J connectivity index is 0.00000133. The molecule has 0 saturated carbocycles. The Morgan fingerprint density at radius 2 is 1.47 bits per heavy atom. The highest BCUT2D eigenvalue weighted by molar-refractivity contribution is 5.59. The standard InChI is InChI=1S/C22H26N10.C2H2/c1-2-5-23-13-19-25-11-17(31-19)14-7-26-21(27-8-14)22-28-9-15(10-29-22)18-12-30-20(32-18)16-4-3-6-24-16;1-2/h7-12,16,23-24H,2-6,13H2,1H3,(H,25,31)(H,30,32);1-2H/t16-;/m0./s1. The molecule has 1 saturated heterocycles. The number of hydrogen-bond donors (Lipinski definition) is 4. The van der Waals surface area contributed by atoms with Crippen LogP contribution in [-0.4, -0.2) is 53.0 Å². The number of hydrogen-bond acceptors (Lipinski definition) is 8. The van der Waals surface area contributed by atoms with E-state index in [1.54, 1.807) is 31.0 Å². The summed E-state index contributed by atoms with van der Waals surface area (Å²) in [4.78, 5) is 33.4. The molecule has 5 heterocycles. The minimum atomic E-state index is 0.300. The fourth-order valence-electron chi connectivity index (χ4n) is 3.73. The molecule has 0 amide bonds. The van der Waals surface area contributed by atoms with E-state index in [4.69, 9.17) is 0 Å². The first kappa shape index (κ1) is 23.2. The van der Waals surface area contributed by atoms with E-state index in [1.807, 2.05) is 6.20 Å². The summed E-state index contributed by atoms with van der Waals surface area (Å²) in [7, 11) is 0. The van der Waals surface area contributed by atoms with Gasteiger partial charge in [-0.2, -0.15) is 0 Å². The van der Waals surface area contributed by atoms with Crippen LogP contribution in [0.15, 0.2) is 37.2 Å². The van der Waals surface area contributed by atoms with Crippen molar-refractivity contribution in [2.24, 2.45) is 0 Å². The monoisotopic (exact) mass is 456 g/mol. The predicted octanol–water partition coefficient (Wildman–Crippen LogP) is 2.89. The van der Waals surface area contributed by atoms with E-state index in [1.165, 1.54) is 6.42 Å². The first-order valence-corrected chi connectivity index (χ1v) is 11.3. The van der Waals surface area contributed by atoms with Crippen molar-refractivity contribution >= 4 is 0 Å². The Hall–Kier alpha value is -3.94. The van der Waals surface area contributed by atoms with Crippen LogP contribution in [0.25, 0.3) is 34.2 Å². The zero-order valence-electron chi connectivity index (χ0n) is 19.1. The quantitative estimate of drug-likeness (QED) is 0.235. The molecule has 174 valence electrons. The summed E-state index contributed by atoms with van der Waals surface area (Å²) in [5.41, 5.74) is 3.53. The van der Waals surface area contributed by atoms with Gasteiger partial charge in [-0.3, -0.25) is 0 Å². The van der Waals surface area contributed by atoms with Crippen molar-refractivity contribution in [1.29, 1.82) is 0 Å². The zero-order chi connectivity index (χ0) is 23.8. The van der Waals surface area contributed by atoms with Crippen molar-refractivity contribution in [2.75, 3.05) is 13.1 Å². The number of rotatable bonds is 8. The molecule has 1 aliphatic heterocycles. The van der Waals surface area contributed by atoms with Gasteiger partial charge in [0.05, 0.1) is 36.4 Å². The van der Waals surface area contributed by atoms with Crippen molar-refractivity contribution in [1.82, 2.24) is 50.5 Å². The summed E-state index contributed by atoms with van der Waals surface area (Å²) in [5, 5.41) is 6.77. The summed E-state index contributed by atoms with van der Waals surface area (Å²) in [6, 6.07) is 0.300. The number of nitrogens with zero attached hydrogens (tertiary/aromatic N) is 6. The van der Waals surface area contributed by atoms with Gasteiger partial charge in [0.25, 0.3) is 0 Å².